The Hall–Kier alpha value is -0.870. The van der Waals surface area contributed by atoms with Crippen molar-refractivity contribution in [3.63, 3.8) is 0 Å². The molecule has 0 aliphatic carbocycles. The van der Waals surface area contributed by atoms with Crippen LogP contribution < -0.4 is 0 Å². The van der Waals surface area contributed by atoms with Crippen molar-refractivity contribution in [3.05, 3.63) is 12.2 Å². The number of carbonyl (C=O) groups is 1. The first-order valence-corrected chi connectivity index (χ1v) is 4.21. The summed E-state index contributed by atoms with van der Waals surface area (Å²) >= 11 is 0. The van der Waals surface area contributed by atoms with Crippen LogP contribution in [0.5, 0.6) is 0 Å². The Morgan fingerprint density at radius 3 is 2.77 bits per heavy atom. The van der Waals surface area contributed by atoms with Crippen LogP contribution in [-0.2, 0) is 19.0 Å². The van der Waals surface area contributed by atoms with Gasteiger partial charge in [-0.15, -0.1) is 0 Å². The molecule has 0 saturated heterocycles. The highest BCUT2D eigenvalue weighted by Crippen LogP contribution is 1.83. The Balaban J connectivity index is 3.25. The van der Waals surface area contributed by atoms with Crippen molar-refractivity contribution >= 4 is 5.97 Å². The van der Waals surface area contributed by atoms with E-state index in [4.69, 9.17) is 9.47 Å². The van der Waals surface area contributed by atoms with Crippen LogP contribution in [0.2, 0.25) is 0 Å². The average Bonchev–Trinajstić information content (AvgIpc) is 2.11. The molecular weight excluding hydrogens is 172 g/mol. The third-order valence-corrected chi connectivity index (χ3v) is 1.19. The van der Waals surface area contributed by atoms with Gasteiger partial charge in [-0.2, -0.15) is 0 Å². The Labute approximate surface area is 78.5 Å². The minimum atomic E-state index is -0.335. The summed E-state index contributed by atoms with van der Waals surface area (Å²) in [6.45, 7) is 3.66. The van der Waals surface area contributed by atoms with Crippen molar-refractivity contribution in [2.75, 3.05) is 33.5 Å². The molecule has 0 radical (unpaired) electrons. The summed E-state index contributed by atoms with van der Waals surface area (Å²) in [7, 11) is 1.61. The number of ether oxygens (including phenoxy) is 3. The van der Waals surface area contributed by atoms with E-state index in [2.05, 4.69) is 4.74 Å². The minimum absolute atomic E-state index is 0.335. The number of carbonyl (C=O) groups excluding carboxylic acids is 1. The van der Waals surface area contributed by atoms with Gasteiger partial charge in [0.2, 0.25) is 0 Å². The van der Waals surface area contributed by atoms with E-state index < -0.39 is 0 Å². The number of hydrogen-bond acceptors (Lipinski definition) is 4. The second kappa shape index (κ2) is 9.22. The molecule has 4 nitrogen and oxygen atoms in total. The van der Waals surface area contributed by atoms with Crippen molar-refractivity contribution in [3.8, 4) is 0 Å². The van der Waals surface area contributed by atoms with Gasteiger partial charge in [-0.25, -0.2) is 4.79 Å². The summed E-state index contributed by atoms with van der Waals surface area (Å²) in [5.74, 6) is -0.335. The Kier molecular flexibility index (Phi) is 8.60. The molecule has 13 heavy (non-hydrogen) atoms. The van der Waals surface area contributed by atoms with Gasteiger partial charge in [0, 0.05) is 13.2 Å². The summed E-state index contributed by atoms with van der Waals surface area (Å²) < 4.78 is 14.5. The molecule has 0 aromatic rings. The van der Waals surface area contributed by atoms with Crippen LogP contribution >= 0.6 is 0 Å². The van der Waals surface area contributed by atoms with E-state index in [1.165, 1.54) is 6.08 Å². The third kappa shape index (κ3) is 9.04. The summed E-state index contributed by atoms with van der Waals surface area (Å²) in [6.07, 6.45) is 2.98. The van der Waals surface area contributed by atoms with Crippen molar-refractivity contribution in [2.24, 2.45) is 0 Å². The molecule has 0 aliphatic heterocycles. The summed E-state index contributed by atoms with van der Waals surface area (Å²) in [6, 6.07) is 0. The highest BCUT2D eigenvalue weighted by atomic mass is 16.5. The minimum Gasteiger partial charge on any atom is -0.463 e. The lowest BCUT2D eigenvalue weighted by Crippen LogP contribution is -2.03. The van der Waals surface area contributed by atoms with E-state index >= 15 is 0 Å². The van der Waals surface area contributed by atoms with E-state index in [9.17, 15) is 4.79 Å². The fourth-order valence-corrected chi connectivity index (χ4v) is 0.628. The van der Waals surface area contributed by atoms with E-state index in [0.29, 0.717) is 26.4 Å². The Bertz CT molecular complexity index is 154. The molecule has 0 aliphatic rings. The SMILES string of the molecule is CCOC(=O)/C=C/COCCOC. The van der Waals surface area contributed by atoms with Gasteiger partial charge < -0.3 is 14.2 Å². The fourth-order valence-electron chi connectivity index (χ4n) is 0.628. The molecule has 0 spiro atoms. The van der Waals surface area contributed by atoms with Crippen LogP contribution in [0.4, 0.5) is 0 Å². The largest absolute Gasteiger partial charge is 0.463 e. The van der Waals surface area contributed by atoms with E-state index in [0.717, 1.165) is 0 Å². The van der Waals surface area contributed by atoms with Gasteiger partial charge in [0.15, 0.2) is 0 Å². The lowest BCUT2D eigenvalue weighted by Gasteiger charge is -1.98. The predicted octanol–water partition coefficient (Wildman–Crippen LogP) is 0.769. The molecule has 0 amide bonds. The van der Waals surface area contributed by atoms with Crippen molar-refractivity contribution in [1.82, 2.24) is 0 Å². The lowest BCUT2D eigenvalue weighted by molar-refractivity contribution is -0.137. The van der Waals surface area contributed by atoms with Crippen molar-refractivity contribution in [1.29, 1.82) is 0 Å². The van der Waals surface area contributed by atoms with Crippen molar-refractivity contribution in [2.45, 2.75) is 6.92 Å². The van der Waals surface area contributed by atoms with Gasteiger partial charge in [0.1, 0.15) is 0 Å². The molecule has 0 heterocycles. The molecule has 0 rings (SSSR count). The zero-order valence-corrected chi connectivity index (χ0v) is 8.12. The first-order valence-electron chi connectivity index (χ1n) is 4.21. The summed E-state index contributed by atoms with van der Waals surface area (Å²) in [5.41, 5.74) is 0. The van der Waals surface area contributed by atoms with E-state index in [1.807, 2.05) is 0 Å². The molecule has 0 saturated carbocycles. The second-order valence-electron chi connectivity index (χ2n) is 2.22. The molecule has 4 heteroatoms. The maximum absolute atomic E-state index is 10.7. The van der Waals surface area contributed by atoms with Crippen LogP contribution in [0.25, 0.3) is 0 Å². The molecule has 0 aromatic heterocycles. The average molecular weight is 188 g/mol. The van der Waals surface area contributed by atoms with E-state index in [1.54, 1.807) is 20.1 Å². The Morgan fingerprint density at radius 1 is 1.38 bits per heavy atom. The molecule has 0 bridgehead atoms. The van der Waals surface area contributed by atoms with Crippen LogP contribution in [0.3, 0.4) is 0 Å². The first kappa shape index (κ1) is 12.1. The van der Waals surface area contributed by atoms with Gasteiger partial charge in [-0.1, -0.05) is 6.08 Å². The van der Waals surface area contributed by atoms with E-state index in [-0.39, 0.29) is 5.97 Å². The highest BCUT2D eigenvalue weighted by Gasteiger charge is 1.91. The molecule has 76 valence electrons. The maximum atomic E-state index is 10.7. The first-order chi connectivity index (χ1) is 6.31. The quantitative estimate of drug-likeness (QED) is 0.336. The number of methoxy groups -OCH3 is 1. The number of hydrogen-bond donors (Lipinski definition) is 0. The normalized spacial score (nSPS) is 10.6. The lowest BCUT2D eigenvalue weighted by atomic mass is 10.5. The topological polar surface area (TPSA) is 44.8 Å². The van der Waals surface area contributed by atoms with Crippen molar-refractivity contribution < 1.29 is 19.0 Å². The summed E-state index contributed by atoms with van der Waals surface area (Å²) in [4.78, 5) is 10.7. The van der Waals surface area contributed by atoms with Gasteiger partial charge in [-0.05, 0) is 6.92 Å². The third-order valence-electron chi connectivity index (χ3n) is 1.19. The molecular formula is C9H16O4. The van der Waals surface area contributed by atoms with Gasteiger partial charge in [0.25, 0.3) is 0 Å². The van der Waals surface area contributed by atoms with Gasteiger partial charge in [-0.3, -0.25) is 0 Å². The monoisotopic (exact) mass is 188 g/mol. The molecule has 0 N–H and O–H groups in total. The van der Waals surface area contributed by atoms with Gasteiger partial charge in [0.05, 0.1) is 26.4 Å². The fraction of sp³-hybridized carbons (Fsp3) is 0.667. The zero-order valence-electron chi connectivity index (χ0n) is 8.12. The zero-order chi connectivity index (χ0) is 9.94. The standard InChI is InChI=1S/C9H16O4/c1-3-13-9(10)5-4-6-12-8-7-11-2/h4-5H,3,6-8H2,1-2H3/b5-4+. The van der Waals surface area contributed by atoms with Gasteiger partial charge >= 0.3 is 5.97 Å². The smallest absolute Gasteiger partial charge is 0.330 e. The molecule has 0 unspecified atom stereocenters. The molecule has 0 fully saturated rings. The maximum Gasteiger partial charge on any atom is 0.330 e. The highest BCUT2D eigenvalue weighted by molar-refractivity contribution is 5.81. The van der Waals surface area contributed by atoms with Crippen LogP contribution in [0, 0.1) is 0 Å². The second-order valence-corrected chi connectivity index (χ2v) is 2.22. The Morgan fingerprint density at radius 2 is 2.15 bits per heavy atom. The van der Waals surface area contributed by atoms with Crippen LogP contribution in [0.1, 0.15) is 6.92 Å². The number of rotatable bonds is 7. The number of esters is 1. The molecule has 0 aromatic carbocycles. The molecule has 0 atom stereocenters. The predicted molar refractivity (Wildman–Crippen MR) is 48.5 cm³/mol. The summed E-state index contributed by atoms with van der Waals surface area (Å²) in [5, 5.41) is 0. The van der Waals surface area contributed by atoms with Crippen LogP contribution in [0.15, 0.2) is 12.2 Å². The van der Waals surface area contributed by atoms with Crippen LogP contribution in [-0.4, -0.2) is 39.5 Å².